The lowest BCUT2D eigenvalue weighted by atomic mass is 10.2. The van der Waals surface area contributed by atoms with Gasteiger partial charge in [-0.25, -0.2) is 0 Å². The number of nitrogens with two attached hydrogens (primary N) is 1. The lowest BCUT2D eigenvalue weighted by Crippen LogP contribution is -2.08. The summed E-state index contributed by atoms with van der Waals surface area (Å²) in [5, 5.41) is 0.479. The van der Waals surface area contributed by atoms with Crippen LogP contribution in [0, 0.1) is 6.92 Å². The van der Waals surface area contributed by atoms with Crippen molar-refractivity contribution in [2.75, 3.05) is 0 Å². The molecule has 0 radical (unpaired) electrons. The molecule has 0 amide bonds. The molecule has 2 aromatic carbocycles. The lowest BCUT2D eigenvalue weighted by molar-refractivity contribution is 0.479. The van der Waals surface area contributed by atoms with Gasteiger partial charge in [0, 0.05) is 10.0 Å². The molecule has 2 nitrogen and oxygen atoms in total. The first-order valence-corrected chi connectivity index (χ1v) is 7.08. The molecule has 0 spiro atoms. The van der Waals surface area contributed by atoms with E-state index in [0.717, 1.165) is 21.3 Å². The summed E-state index contributed by atoms with van der Waals surface area (Å²) >= 11 is 14.5. The maximum absolute atomic E-state index is 6.16. The molecule has 2 N–H and O–H groups in total. The fourth-order valence-corrected chi connectivity index (χ4v) is 2.40. The minimum atomic E-state index is 0.313. The Bertz CT molecular complexity index is 645. The SMILES string of the molecule is Cc1cc(Br)ccc1Oc1ccc(C(N)=S)cc1Cl. The van der Waals surface area contributed by atoms with Crippen LogP contribution in [-0.2, 0) is 0 Å². The van der Waals surface area contributed by atoms with Crippen LogP contribution in [0.15, 0.2) is 40.9 Å². The van der Waals surface area contributed by atoms with E-state index >= 15 is 0 Å². The molecule has 98 valence electrons. The van der Waals surface area contributed by atoms with E-state index in [-0.39, 0.29) is 0 Å². The van der Waals surface area contributed by atoms with Crippen LogP contribution >= 0.6 is 39.7 Å². The zero-order chi connectivity index (χ0) is 14.0. The monoisotopic (exact) mass is 355 g/mol. The zero-order valence-corrected chi connectivity index (χ0v) is 13.3. The Kier molecular flexibility index (Phi) is 4.45. The van der Waals surface area contributed by atoms with Crippen molar-refractivity contribution in [1.29, 1.82) is 0 Å². The number of thiocarbonyl (C=S) groups is 1. The second kappa shape index (κ2) is 5.90. The van der Waals surface area contributed by atoms with Gasteiger partial charge in [-0.05, 0) is 48.9 Å². The van der Waals surface area contributed by atoms with Crippen LogP contribution in [0.3, 0.4) is 0 Å². The highest BCUT2D eigenvalue weighted by molar-refractivity contribution is 9.10. The van der Waals surface area contributed by atoms with Crippen LogP contribution in [0.4, 0.5) is 0 Å². The maximum Gasteiger partial charge on any atom is 0.146 e. The van der Waals surface area contributed by atoms with E-state index in [1.165, 1.54) is 0 Å². The molecule has 0 fully saturated rings. The number of rotatable bonds is 3. The van der Waals surface area contributed by atoms with Crippen LogP contribution in [0.5, 0.6) is 11.5 Å². The Morgan fingerprint density at radius 2 is 1.89 bits per heavy atom. The van der Waals surface area contributed by atoms with Crippen molar-refractivity contribution in [3.05, 3.63) is 57.0 Å². The molecule has 0 heterocycles. The van der Waals surface area contributed by atoms with Gasteiger partial charge in [0.1, 0.15) is 16.5 Å². The van der Waals surface area contributed by atoms with Crippen molar-refractivity contribution in [2.24, 2.45) is 5.73 Å². The van der Waals surface area contributed by atoms with Gasteiger partial charge in [0.05, 0.1) is 5.02 Å². The highest BCUT2D eigenvalue weighted by Gasteiger charge is 2.08. The molecule has 0 bridgehead atoms. The molecule has 19 heavy (non-hydrogen) atoms. The summed E-state index contributed by atoms with van der Waals surface area (Å²) in [4.78, 5) is 0.313. The topological polar surface area (TPSA) is 35.2 Å². The van der Waals surface area contributed by atoms with Crippen molar-refractivity contribution < 1.29 is 4.74 Å². The second-order valence-corrected chi connectivity index (χ2v) is 5.78. The Labute approximate surface area is 130 Å². The number of benzene rings is 2. The predicted molar refractivity (Wildman–Crippen MR) is 86.3 cm³/mol. The fourth-order valence-electron chi connectivity index (χ4n) is 1.58. The van der Waals surface area contributed by atoms with E-state index in [2.05, 4.69) is 15.9 Å². The van der Waals surface area contributed by atoms with Crippen LogP contribution in [0.1, 0.15) is 11.1 Å². The van der Waals surface area contributed by atoms with Gasteiger partial charge in [0.25, 0.3) is 0 Å². The molecule has 2 rings (SSSR count). The van der Waals surface area contributed by atoms with Crippen molar-refractivity contribution in [3.8, 4) is 11.5 Å². The van der Waals surface area contributed by atoms with E-state index in [1.54, 1.807) is 18.2 Å². The molecular formula is C14H11BrClNOS. The Morgan fingerprint density at radius 3 is 2.47 bits per heavy atom. The molecule has 0 aliphatic rings. The fraction of sp³-hybridized carbons (Fsp3) is 0.0714. The van der Waals surface area contributed by atoms with E-state index in [4.69, 9.17) is 34.3 Å². The summed E-state index contributed by atoms with van der Waals surface area (Å²) in [5.74, 6) is 1.33. The molecule has 0 atom stereocenters. The maximum atomic E-state index is 6.16. The minimum absolute atomic E-state index is 0.313. The molecule has 5 heteroatoms. The van der Waals surface area contributed by atoms with E-state index in [1.807, 2.05) is 25.1 Å². The van der Waals surface area contributed by atoms with Crippen LogP contribution in [0.25, 0.3) is 0 Å². The molecular weight excluding hydrogens is 346 g/mol. The lowest BCUT2D eigenvalue weighted by Gasteiger charge is -2.11. The molecule has 0 aromatic heterocycles. The standard InChI is InChI=1S/C14H11BrClNOS/c1-8-6-10(15)3-5-12(8)18-13-4-2-9(14(17)19)7-11(13)16/h2-7H,1H3,(H2,17,19). The summed E-state index contributed by atoms with van der Waals surface area (Å²) in [6.07, 6.45) is 0. The molecule has 0 aliphatic heterocycles. The number of hydrogen-bond donors (Lipinski definition) is 1. The first kappa shape index (κ1) is 14.3. The van der Waals surface area contributed by atoms with Gasteiger partial charge in [0.2, 0.25) is 0 Å². The number of hydrogen-bond acceptors (Lipinski definition) is 2. The summed E-state index contributed by atoms with van der Waals surface area (Å²) in [7, 11) is 0. The predicted octanol–water partition coefficient (Wildman–Crippen LogP) is 4.84. The van der Waals surface area contributed by atoms with E-state index in [9.17, 15) is 0 Å². The average molecular weight is 357 g/mol. The Hall–Kier alpha value is -1.10. The van der Waals surface area contributed by atoms with E-state index in [0.29, 0.717) is 15.8 Å². The van der Waals surface area contributed by atoms with Gasteiger partial charge < -0.3 is 10.5 Å². The first-order valence-electron chi connectivity index (χ1n) is 5.51. The highest BCUT2D eigenvalue weighted by Crippen LogP contribution is 2.32. The van der Waals surface area contributed by atoms with Crippen LogP contribution in [-0.4, -0.2) is 4.99 Å². The summed E-state index contributed by atoms with van der Waals surface area (Å²) in [5.41, 5.74) is 7.29. The number of ether oxygens (including phenoxy) is 1. The average Bonchev–Trinajstić information content (AvgIpc) is 2.34. The highest BCUT2D eigenvalue weighted by atomic mass is 79.9. The van der Waals surface area contributed by atoms with Crippen LogP contribution in [0.2, 0.25) is 5.02 Å². The Balaban J connectivity index is 2.31. The van der Waals surface area contributed by atoms with Crippen molar-refractivity contribution in [1.82, 2.24) is 0 Å². The van der Waals surface area contributed by atoms with Gasteiger partial charge in [0.15, 0.2) is 0 Å². The minimum Gasteiger partial charge on any atom is -0.456 e. The molecule has 2 aromatic rings. The third kappa shape index (κ3) is 3.47. The first-order chi connectivity index (χ1) is 8.97. The van der Waals surface area contributed by atoms with Crippen LogP contribution < -0.4 is 10.5 Å². The Morgan fingerprint density at radius 1 is 1.21 bits per heavy atom. The van der Waals surface area contributed by atoms with Crippen molar-refractivity contribution in [2.45, 2.75) is 6.92 Å². The van der Waals surface area contributed by atoms with Gasteiger partial charge in [-0.2, -0.15) is 0 Å². The number of halogens is 2. The smallest absolute Gasteiger partial charge is 0.146 e. The summed E-state index contributed by atoms with van der Waals surface area (Å²) in [6, 6.07) is 11.0. The van der Waals surface area contributed by atoms with Gasteiger partial charge in [-0.15, -0.1) is 0 Å². The normalized spacial score (nSPS) is 10.3. The molecule has 0 unspecified atom stereocenters. The summed E-state index contributed by atoms with van der Waals surface area (Å²) < 4.78 is 6.80. The zero-order valence-electron chi connectivity index (χ0n) is 10.1. The van der Waals surface area contributed by atoms with Gasteiger partial charge in [-0.1, -0.05) is 39.7 Å². The third-order valence-corrected chi connectivity index (χ3v) is 3.60. The second-order valence-electron chi connectivity index (χ2n) is 4.02. The largest absolute Gasteiger partial charge is 0.456 e. The van der Waals surface area contributed by atoms with Crippen molar-refractivity contribution >= 4 is 44.7 Å². The third-order valence-electron chi connectivity index (χ3n) is 2.57. The molecule has 0 aliphatic carbocycles. The van der Waals surface area contributed by atoms with Gasteiger partial charge >= 0.3 is 0 Å². The quantitative estimate of drug-likeness (QED) is 0.799. The number of aryl methyl sites for hydroxylation is 1. The van der Waals surface area contributed by atoms with Crippen molar-refractivity contribution in [3.63, 3.8) is 0 Å². The van der Waals surface area contributed by atoms with E-state index < -0.39 is 0 Å². The molecule has 0 saturated heterocycles. The van der Waals surface area contributed by atoms with Gasteiger partial charge in [-0.3, -0.25) is 0 Å². The summed E-state index contributed by atoms with van der Waals surface area (Å²) in [6.45, 7) is 1.97. The molecule has 0 saturated carbocycles.